The lowest BCUT2D eigenvalue weighted by atomic mass is 10.2. The third-order valence-electron chi connectivity index (χ3n) is 4.83. The SMILES string of the molecule is CC(=O)N1CCc2ccc(S(=O)(=O)N(CCN(C)C)Cc3ccccn3)cc21. The van der Waals surface area contributed by atoms with E-state index in [-0.39, 0.29) is 17.3 Å². The average Bonchev–Trinajstić information content (AvgIpc) is 3.09. The Morgan fingerprint density at radius 1 is 1.18 bits per heavy atom. The van der Waals surface area contributed by atoms with Crippen LogP contribution in [0.5, 0.6) is 0 Å². The molecular formula is C20H26N4O3S. The predicted molar refractivity (Wildman–Crippen MR) is 109 cm³/mol. The van der Waals surface area contributed by atoms with E-state index in [0.717, 1.165) is 12.0 Å². The average molecular weight is 403 g/mol. The van der Waals surface area contributed by atoms with E-state index in [1.165, 1.54) is 11.2 Å². The van der Waals surface area contributed by atoms with Crippen LogP contribution >= 0.6 is 0 Å². The minimum absolute atomic E-state index is 0.0775. The largest absolute Gasteiger partial charge is 0.312 e. The minimum Gasteiger partial charge on any atom is -0.312 e. The van der Waals surface area contributed by atoms with Crippen LogP contribution in [0.3, 0.4) is 0 Å². The van der Waals surface area contributed by atoms with E-state index >= 15 is 0 Å². The van der Waals surface area contributed by atoms with Crippen molar-refractivity contribution in [2.24, 2.45) is 0 Å². The summed E-state index contributed by atoms with van der Waals surface area (Å²) in [5.41, 5.74) is 2.38. The van der Waals surface area contributed by atoms with Gasteiger partial charge in [0, 0.05) is 38.4 Å². The third-order valence-corrected chi connectivity index (χ3v) is 6.67. The standard InChI is InChI=1S/C20H26N4O3S/c1-16(25)24-11-9-17-7-8-19(14-20(17)24)28(26,27)23(13-12-22(2)3)15-18-6-4-5-10-21-18/h4-8,10,14H,9,11-13,15H2,1-3H3. The number of amides is 1. The molecule has 0 fully saturated rings. The van der Waals surface area contributed by atoms with Crippen molar-refractivity contribution in [2.75, 3.05) is 38.6 Å². The molecule has 1 aromatic heterocycles. The second-order valence-electron chi connectivity index (χ2n) is 7.17. The first-order valence-corrected chi connectivity index (χ1v) is 10.7. The molecule has 150 valence electrons. The number of rotatable bonds is 7. The molecular weight excluding hydrogens is 376 g/mol. The molecule has 8 heteroatoms. The fourth-order valence-electron chi connectivity index (χ4n) is 3.26. The molecule has 3 rings (SSSR count). The number of benzene rings is 1. The van der Waals surface area contributed by atoms with Gasteiger partial charge < -0.3 is 9.80 Å². The van der Waals surface area contributed by atoms with Gasteiger partial charge in [-0.1, -0.05) is 12.1 Å². The van der Waals surface area contributed by atoms with Crippen LogP contribution in [0.25, 0.3) is 0 Å². The van der Waals surface area contributed by atoms with E-state index in [0.29, 0.717) is 31.0 Å². The third kappa shape index (κ3) is 4.40. The summed E-state index contributed by atoms with van der Waals surface area (Å²) in [6.45, 7) is 3.23. The number of sulfonamides is 1. The van der Waals surface area contributed by atoms with Gasteiger partial charge in [0.05, 0.1) is 17.1 Å². The van der Waals surface area contributed by atoms with E-state index in [1.54, 1.807) is 29.3 Å². The Bertz CT molecular complexity index is 945. The molecule has 2 heterocycles. The molecule has 7 nitrogen and oxygen atoms in total. The van der Waals surface area contributed by atoms with Crippen molar-refractivity contribution in [3.63, 3.8) is 0 Å². The molecule has 1 aromatic carbocycles. The zero-order valence-corrected chi connectivity index (χ0v) is 17.3. The topological polar surface area (TPSA) is 73.8 Å². The quantitative estimate of drug-likeness (QED) is 0.705. The molecule has 0 aliphatic carbocycles. The summed E-state index contributed by atoms with van der Waals surface area (Å²) in [6, 6.07) is 10.5. The van der Waals surface area contributed by atoms with E-state index in [1.807, 2.05) is 37.2 Å². The Morgan fingerprint density at radius 3 is 2.61 bits per heavy atom. The van der Waals surface area contributed by atoms with Crippen molar-refractivity contribution in [2.45, 2.75) is 24.8 Å². The first-order chi connectivity index (χ1) is 13.3. The Labute approximate surface area is 166 Å². The molecule has 0 saturated heterocycles. The molecule has 2 aromatic rings. The minimum atomic E-state index is -3.74. The highest BCUT2D eigenvalue weighted by Gasteiger charge is 2.29. The van der Waals surface area contributed by atoms with E-state index in [9.17, 15) is 13.2 Å². The number of anilines is 1. The number of nitrogens with zero attached hydrogens (tertiary/aromatic N) is 4. The van der Waals surface area contributed by atoms with Gasteiger partial charge in [0.15, 0.2) is 0 Å². The Balaban J connectivity index is 1.94. The summed E-state index contributed by atoms with van der Waals surface area (Å²) in [7, 11) is 0.0799. The fraction of sp³-hybridized carbons (Fsp3) is 0.400. The van der Waals surface area contributed by atoms with Crippen LogP contribution in [0, 0.1) is 0 Å². The molecule has 0 unspecified atom stereocenters. The van der Waals surface area contributed by atoms with Crippen LogP contribution in [-0.4, -0.2) is 62.2 Å². The molecule has 0 saturated carbocycles. The van der Waals surface area contributed by atoms with Crippen LogP contribution in [0.2, 0.25) is 0 Å². The van der Waals surface area contributed by atoms with Gasteiger partial charge in [-0.3, -0.25) is 9.78 Å². The Hall–Kier alpha value is -2.29. The van der Waals surface area contributed by atoms with E-state index < -0.39 is 10.0 Å². The zero-order valence-electron chi connectivity index (χ0n) is 16.5. The number of pyridine rings is 1. The Kier molecular flexibility index (Phi) is 6.12. The number of fused-ring (bicyclic) bond motifs is 1. The lowest BCUT2D eigenvalue weighted by Gasteiger charge is -2.24. The monoisotopic (exact) mass is 402 g/mol. The maximum atomic E-state index is 13.4. The second-order valence-corrected chi connectivity index (χ2v) is 9.11. The molecule has 1 amide bonds. The highest BCUT2D eigenvalue weighted by Crippen LogP contribution is 2.31. The molecule has 0 N–H and O–H groups in total. The fourth-order valence-corrected chi connectivity index (χ4v) is 4.69. The lowest BCUT2D eigenvalue weighted by molar-refractivity contribution is -0.116. The second kappa shape index (κ2) is 8.38. The number of likely N-dealkylation sites (N-methyl/N-ethyl adjacent to an activating group) is 1. The first kappa shape index (κ1) is 20.4. The summed E-state index contributed by atoms with van der Waals surface area (Å²) in [4.78, 5) is 19.9. The zero-order chi connectivity index (χ0) is 20.3. The van der Waals surface area contributed by atoms with E-state index in [4.69, 9.17) is 0 Å². The number of aromatic nitrogens is 1. The van der Waals surface area contributed by atoms with Crippen molar-refractivity contribution in [3.05, 3.63) is 53.9 Å². The van der Waals surface area contributed by atoms with Crippen molar-refractivity contribution < 1.29 is 13.2 Å². The van der Waals surface area contributed by atoms with Crippen molar-refractivity contribution in [1.29, 1.82) is 0 Å². The van der Waals surface area contributed by atoms with Gasteiger partial charge in [-0.25, -0.2) is 8.42 Å². The highest BCUT2D eigenvalue weighted by atomic mass is 32.2. The Morgan fingerprint density at radius 2 is 1.96 bits per heavy atom. The van der Waals surface area contributed by atoms with Gasteiger partial charge in [-0.2, -0.15) is 4.31 Å². The summed E-state index contributed by atoms with van der Waals surface area (Å²) < 4.78 is 28.3. The first-order valence-electron chi connectivity index (χ1n) is 9.25. The molecule has 0 atom stereocenters. The summed E-state index contributed by atoms with van der Waals surface area (Å²) in [5, 5.41) is 0. The molecule has 28 heavy (non-hydrogen) atoms. The van der Waals surface area contributed by atoms with Gasteiger partial charge in [0.1, 0.15) is 0 Å². The number of carbonyl (C=O) groups excluding carboxylic acids is 1. The van der Waals surface area contributed by atoms with Gasteiger partial charge in [-0.05, 0) is 50.3 Å². The van der Waals surface area contributed by atoms with E-state index in [2.05, 4.69) is 4.98 Å². The summed E-state index contributed by atoms with van der Waals surface area (Å²) in [6.07, 6.45) is 2.40. The van der Waals surface area contributed by atoms with Crippen LogP contribution in [0.15, 0.2) is 47.5 Å². The van der Waals surface area contributed by atoms with Gasteiger partial charge in [-0.15, -0.1) is 0 Å². The molecule has 0 spiro atoms. The molecule has 0 bridgehead atoms. The number of hydrogen-bond acceptors (Lipinski definition) is 5. The molecule has 1 aliphatic rings. The molecule has 1 aliphatic heterocycles. The van der Waals surface area contributed by atoms with Crippen molar-refractivity contribution >= 4 is 21.6 Å². The highest BCUT2D eigenvalue weighted by molar-refractivity contribution is 7.89. The number of carbonyl (C=O) groups is 1. The van der Waals surface area contributed by atoms with Crippen molar-refractivity contribution in [1.82, 2.24) is 14.2 Å². The van der Waals surface area contributed by atoms with Gasteiger partial charge >= 0.3 is 0 Å². The van der Waals surface area contributed by atoms with Gasteiger partial charge in [0.25, 0.3) is 0 Å². The lowest BCUT2D eigenvalue weighted by Crippen LogP contribution is -2.36. The summed E-state index contributed by atoms with van der Waals surface area (Å²) in [5.74, 6) is -0.0775. The smallest absolute Gasteiger partial charge is 0.243 e. The van der Waals surface area contributed by atoms with Crippen LogP contribution in [-0.2, 0) is 27.8 Å². The normalized spacial score (nSPS) is 14.0. The maximum absolute atomic E-state index is 13.4. The molecule has 0 radical (unpaired) electrons. The summed E-state index contributed by atoms with van der Waals surface area (Å²) >= 11 is 0. The van der Waals surface area contributed by atoms with Crippen molar-refractivity contribution in [3.8, 4) is 0 Å². The van der Waals surface area contributed by atoms with Crippen LogP contribution < -0.4 is 4.90 Å². The predicted octanol–water partition coefficient (Wildman–Crippen LogP) is 1.74. The van der Waals surface area contributed by atoms with Crippen LogP contribution in [0.1, 0.15) is 18.2 Å². The number of hydrogen-bond donors (Lipinski definition) is 0. The van der Waals surface area contributed by atoms with Gasteiger partial charge in [0.2, 0.25) is 15.9 Å². The maximum Gasteiger partial charge on any atom is 0.243 e. The van der Waals surface area contributed by atoms with Crippen LogP contribution in [0.4, 0.5) is 5.69 Å².